The van der Waals surface area contributed by atoms with Crippen molar-refractivity contribution in [1.29, 1.82) is 0 Å². The smallest absolute Gasteiger partial charge is 0.231 e. The summed E-state index contributed by atoms with van der Waals surface area (Å²) in [5.41, 5.74) is 1.93. The van der Waals surface area contributed by atoms with Crippen LogP contribution in [-0.4, -0.2) is 18.8 Å². The lowest BCUT2D eigenvalue weighted by atomic mass is 10.2. The lowest BCUT2D eigenvalue weighted by Gasteiger charge is -2.11. The Morgan fingerprint density at radius 2 is 2.10 bits per heavy atom. The van der Waals surface area contributed by atoms with Crippen molar-refractivity contribution in [3.8, 4) is 23.0 Å². The minimum absolute atomic E-state index is 0.262. The summed E-state index contributed by atoms with van der Waals surface area (Å²) in [6.07, 6.45) is 1.83. The number of pyridine rings is 1. The van der Waals surface area contributed by atoms with E-state index in [0.29, 0.717) is 12.3 Å². The molecule has 0 fully saturated rings. The first-order valence-electron chi connectivity index (χ1n) is 6.44. The summed E-state index contributed by atoms with van der Waals surface area (Å²) in [5.74, 6) is 2.98. The molecule has 0 saturated heterocycles. The van der Waals surface area contributed by atoms with E-state index in [1.54, 1.807) is 0 Å². The number of hydrogen-bond acceptors (Lipinski definition) is 5. The molecule has 1 aromatic carbocycles. The molecular formula is C15H16N2O3. The second kappa shape index (κ2) is 5.38. The van der Waals surface area contributed by atoms with Crippen LogP contribution in [0.4, 0.5) is 0 Å². The molecule has 0 saturated carbocycles. The minimum atomic E-state index is 0.262. The second-order valence-corrected chi connectivity index (χ2v) is 4.58. The summed E-state index contributed by atoms with van der Waals surface area (Å²) in [6, 6.07) is 7.48. The average molecular weight is 272 g/mol. The van der Waals surface area contributed by atoms with E-state index in [0.717, 1.165) is 28.5 Å². The predicted molar refractivity (Wildman–Crippen MR) is 74.4 cm³/mol. The Hall–Kier alpha value is -2.27. The molecule has 0 bridgehead atoms. The van der Waals surface area contributed by atoms with E-state index in [9.17, 15) is 0 Å². The van der Waals surface area contributed by atoms with Gasteiger partial charge in [0.15, 0.2) is 11.5 Å². The third-order valence-corrected chi connectivity index (χ3v) is 3.02. The van der Waals surface area contributed by atoms with Gasteiger partial charge in [0.1, 0.15) is 11.5 Å². The summed E-state index contributed by atoms with van der Waals surface area (Å²) < 4.78 is 16.6. The van der Waals surface area contributed by atoms with Gasteiger partial charge < -0.3 is 19.5 Å². The topological polar surface area (TPSA) is 52.6 Å². The fraction of sp³-hybridized carbons (Fsp3) is 0.267. The Kier molecular flexibility index (Phi) is 3.43. The Balaban J connectivity index is 1.88. The maximum Gasteiger partial charge on any atom is 0.231 e. The molecule has 2 aromatic rings. The van der Waals surface area contributed by atoms with Gasteiger partial charge in [-0.1, -0.05) is 0 Å². The van der Waals surface area contributed by atoms with Crippen LogP contribution < -0.4 is 19.5 Å². The van der Waals surface area contributed by atoms with Crippen LogP contribution in [-0.2, 0) is 6.54 Å². The number of fused-ring (bicyclic) bond motifs is 1. The highest BCUT2D eigenvalue weighted by Gasteiger charge is 2.14. The highest BCUT2D eigenvalue weighted by Crippen LogP contribution is 2.37. The third kappa shape index (κ3) is 2.53. The van der Waals surface area contributed by atoms with E-state index in [1.807, 2.05) is 44.4 Å². The lowest BCUT2D eigenvalue weighted by molar-refractivity contribution is 0.174. The van der Waals surface area contributed by atoms with Gasteiger partial charge in [-0.25, -0.2) is 0 Å². The van der Waals surface area contributed by atoms with Crippen molar-refractivity contribution in [3.05, 3.63) is 41.7 Å². The zero-order valence-electron chi connectivity index (χ0n) is 11.5. The predicted octanol–water partition coefficient (Wildman–Crippen LogP) is 2.63. The minimum Gasteiger partial charge on any atom is -0.457 e. The first kappa shape index (κ1) is 12.7. The van der Waals surface area contributed by atoms with Crippen LogP contribution in [0.15, 0.2) is 30.5 Å². The number of nitrogens with one attached hydrogen (secondary N) is 1. The summed E-state index contributed by atoms with van der Waals surface area (Å²) in [5, 5.41) is 3.11. The Morgan fingerprint density at radius 3 is 2.95 bits per heavy atom. The van der Waals surface area contributed by atoms with Gasteiger partial charge in [-0.15, -0.1) is 0 Å². The number of hydrogen-bond donors (Lipinski definition) is 1. The molecule has 3 rings (SSSR count). The van der Waals surface area contributed by atoms with E-state index >= 15 is 0 Å². The number of benzene rings is 1. The zero-order chi connectivity index (χ0) is 13.9. The fourth-order valence-electron chi connectivity index (χ4n) is 2.05. The molecule has 0 atom stereocenters. The molecule has 0 amide bonds. The van der Waals surface area contributed by atoms with Crippen LogP contribution in [0.1, 0.15) is 11.3 Å². The van der Waals surface area contributed by atoms with E-state index < -0.39 is 0 Å². The molecule has 1 aliphatic heterocycles. The molecule has 1 aromatic heterocycles. The van der Waals surface area contributed by atoms with Crippen molar-refractivity contribution in [2.45, 2.75) is 13.5 Å². The van der Waals surface area contributed by atoms with Gasteiger partial charge in [-0.05, 0) is 26.1 Å². The summed E-state index contributed by atoms with van der Waals surface area (Å²) in [6.45, 7) is 2.90. The molecule has 5 nitrogen and oxygen atoms in total. The number of aromatic nitrogens is 1. The first-order valence-corrected chi connectivity index (χ1v) is 6.44. The van der Waals surface area contributed by atoms with Gasteiger partial charge in [0.2, 0.25) is 6.79 Å². The Labute approximate surface area is 117 Å². The molecule has 0 spiro atoms. The molecule has 1 N–H and O–H groups in total. The van der Waals surface area contributed by atoms with Gasteiger partial charge in [0.05, 0.1) is 0 Å². The normalized spacial score (nSPS) is 12.5. The maximum absolute atomic E-state index is 5.95. The van der Waals surface area contributed by atoms with E-state index in [2.05, 4.69) is 10.3 Å². The Bertz CT molecular complexity index is 629. The molecule has 1 aliphatic rings. The molecule has 2 heterocycles. The number of aryl methyl sites for hydroxylation is 1. The van der Waals surface area contributed by atoms with Gasteiger partial charge in [-0.3, -0.25) is 4.98 Å². The monoisotopic (exact) mass is 272 g/mol. The Morgan fingerprint density at radius 1 is 1.25 bits per heavy atom. The van der Waals surface area contributed by atoms with Crippen molar-refractivity contribution in [2.24, 2.45) is 0 Å². The van der Waals surface area contributed by atoms with E-state index in [-0.39, 0.29) is 6.79 Å². The third-order valence-electron chi connectivity index (χ3n) is 3.02. The van der Waals surface area contributed by atoms with E-state index in [4.69, 9.17) is 14.2 Å². The van der Waals surface area contributed by atoms with Crippen LogP contribution in [0.25, 0.3) is 0 Å². The largest absolute Gasteiger partial charge is 0.457 e. The van der Waals surface area contributed by atoms with Crippen molar-refractivity contribution >= 4 is 0 Å². The van der Waals surface area contributed by atoms with E-state index in [1.165, 1.54) is 0 Å². The standard InChI is InChI=1S/C15H16N2O3/c1-10-5-14(11(7-16-2)8-17-10)20-12-3-4-13-15(6-12)19-9-18-13/h3-6,8,16H,7,9H2,1-2H3. The molecule has 20 heavy (non-hydrogen) atoms. The molecule has 5 heteroatoms. The molecule has 0 radical (unpaired) electrons. The number of nitrogens with zero attached hydrogens (tertiary/aromatic N) is 1. The molecule has 0 aliphatic carbocycles. The molecular weight excluding hydrogens is 256 g/mol. The van der Waals surface area contributed by atoms with Crippen LogP contribution >= 0.6 is 0 Å². The highest BCUT2D eigenvalue weighted by atomic mass is 16.7. The number of rotatable bonds is 4. The fourth-order valence-corrected chi connectivity index (χ4v) is 2.05. The SMILES string of the molecule is CNCc1cnc(C)cc1Oc1ccc2c(c1)OCO2. The second-order valence-electron chi connectivity index (χ2n) is 4.58. The van der Waals surface area contributed by atoms with Crippen molar-refractivity contribution < 1.29 is 14.2 Å². The highest BCUT2D eigenvalue weighted by molar-refractivity contribution is 5.48. The van der Waals surface area contributed by atoms with Gasteiger partial charge in [0, 0.05) is 36.1 Å². The number of ether oxygens (including phenoxy) is 3. The van der Waals surface area contributed by atoms with Gasteiger partial charge >= 0.3 is 0 Å². The van der Waals surface area contributed by atoms with Crippen molar-refractivity contribution in [1.82, 2.24) is 10.3 Å². The lowest BCUT2D eigenvalue weighted by Crippen LogP contribution is -2.07. The van der Waals surface area contributed by atoms with Crippen molar-refractivity contribution in [3.63, 3.8) is 0 Å². The molecule has 104 valence electrons. The summed E-state index contributed by atoms with van der Waals surface area (Å²) in [7, 11) is 1.89. The van der Waals surface area contributed by atoms with Gasteiger partial charge in [0.25, 0.3) is 0 Å². The van der Waals surface area contributed by atoms with Gasteiger partial charge in [-0.2, -0.15) is 0 Å². The summed E-state index contributed by atoms with van der Waals surface area (Å²) in [4.78, 5) is 4.29. The van der Waals surface area contributed by atoms with Crippen molar-refractivity contribution in [2.75, 3.05) is 13.8 Å². The average Bonchev–Trinajstić information content (AvgIpc) is 2.89. The molecule has 0 unspecified atom stereocenters. The van der Waals surface area contributed by atoms with Crippen LogP contribution in [0, 0.1) is 6.92 Å². The van der Waals surface area contributed by atoms with Crippen LogP contribution in [0.5, 0.6) is 23.0 Å². The quantitative estimate of drug-likeness (QED) is 0.927. The van der Waals surface area contributed by atoms with Crippen LogP contribution in [0.3, 0.4) is 0 Å². The maximum atomic E-state index is 5.95. The van der Waals surface area contributed by atoms with Crippen LogP contribution in [0.2, 0.25) is 0 Å². The summed E-state index contributed by atoms with van der Waals surface area (Å²) >= 11 is 0. The first-order chi connectivity index (χ1) is 9.76. The zero-order valence-corrected chi connectivity index (χ0v) is 11.5.